The molecule has 0 saturated carbocycles. The van der Waals surface area contributed by atoms with E-state index in [2.05, 4.69) is 10.4 Å². The van der Waals surface area contributed by atoms with Crippen LogP contribution >= 0.6 is 23.4 Å². The lowest BCUT2D eigenvalue weighted by molar-refractivity contribution is -0.116. The van der Waals surface area contributed by atoms with Gasteiger partial charge in [0.2, 0.25) is 5.91 Å². The Hall–Kier alpha value is -1.66. The van der Waals surface area contributed by atoms with Gasteiger partial charge in [0.05, 0.1) is 17.6 Å². The van der Waals surface area contributed by atoms with Crippen LogP contribution in [0.25, 0.3) is 0 Å². The number of hydrogen-bond acceptors (Lipinski definition) is 4. The second-order valence-corrected chi connectivity index (χ2v) is 6.19. The maximum atomic E-state index is 11.9. The Morgan fingerprint density at radius 3 is 3.05 bits per heavy atom. The zero-order valence-electron chi connectivity index (χ0n) is 11.7. The molecule has 21 heavy (non-hydrogen) atoms. The standard InChI is InChI=1S/C14H17ClN4OS/c1-19-9-11(8-17-19)21-6-2-3-14(20)18-13-7-10(15)4-5-12(13)16/h4-5,7-9H,2-3,6,16H2,1H3,(H,18,20). The molecular formula is C14H17ClN4OS. The molecule has 0 radical (unpaired) electrons. The third-order valence-corrected chi connectivity index (χ3v) is 4.06. The predicted molar refractivity (Wildman–Crippen MR) is 87.7 cm³/mol. The van der Waals surface area contributed by atoms with E-state index in [-0.39, 0.29) is 5.91 Å². The normalized spacial score (nSPS) is 10.6. The Balaban J connectivity index is 1.73. The molecule has 0 atom stereocenters. The lowest BCUT2D eigenvalue weighted by atomic mass is 10.2. The highest BCUT2D eigenvalue weighted by molar-refractivity contribution is 7.99. The number of hydrogen-bond donors (Lipinski definition) is 2. The SMILES string of the molecule is Cn1cc(SCCCC(=O)Nc2cc(Cl)ccc2N)cn1. The van der Waals surface area contributed by atoms with Crippen LogP contribution in [0.15, 0.2) is 35.5 Å². The van der Waals surface area contributed by atoms with Crippen molar-refractivity contribution in [2.24, 2.45) is 7.05 Å². The first-order valence-corrected chi connectivity index (χ1v) is 7.87. The molecule has 1 aromatic carbocycles. The number of benzene rings is 1. The van der Waals surface area contributed by atoms with Gasteiger partial charge in [-0.05, 0) is 30.4 Å². The minimum absolute atomic E-state index is 0.0595. The van der Waals surface area contributed by atoms with Crippen LogP contribution in [0.2, 0.25) is 5.02 Å². The number of halogens is 1. The van der Waals surface area contributed by atoms with Crippen LogP contribution in [-0.4, -0.2) is 21.4 Å². The Labute approximate surface area is 132 Å². The summed E-state index contributed by atoms with van der Waals surface area (Å²) in [7, 11) is 1.88. The Morgan fingerprint density at radius 1 is 1.52 bits per heavy atom. The molecule has 1 aromatic heterocycles. The fraction of sp³-hybridized carbons (Fsp3) is 0.286. The van der Waals surface area contributed by atoms with E-state index in [1.165, 1.54) is 0 Å². The number of thioether (sulfide) groups is 1. The zero-order chi connectivity index (χ0) is 15.2. The molecular weight excluding hydrogens is 308 g/mol. The van der Waals surface area contributed by atoms with Gasteiger partial charge in [-0.1, -0.05) is 11.6 Å². The fourth-order valence-corrected chi connectivity index (χ4v) is 2.79. The van der Waals surface area contributed by atoms with Gasteiger partial charge in [-0.15, -0.1) is 11.8 Å². The number of nitrogen functional groups attached to an aromatic ring is 1. The third kappa shape index (κ3) is 4.99. The Bertz CT molecular complexity index is 629. The van der Waals surface area contributed by atoms with Gasteiger partial charge >= 0.3 is 0 Å². The van der Waals surface area contributed by atoms with E-state index < -0.39 is 0 Å². The highest BCUT2D eigenvalue weighted by Gasteiger charge is 2.06. The van der Waals surface area contributed by atoms with E-state index in [4.69, 9.17) is 17.3 Å². The molecule has 112 valence electrons. The van der Waals surface area contributed by atoms with Gasteiger partial charge in [0.25, 0.3) is 0 Å². The van der Waals surface area contributed by atoms with Crippen molar-refractivity contribution < 1.29 is 4.79 Å². The second-order valence-electron chi connectivity index (χ2n) is 4.58. The zero-order valence-corrected chi connectivity index (χ0v) is 13.2. The molecule has 0 fully saturated rings. The molecule has 0 aliphatic rings. The van der Waals surface area contributed by atoms with E-state index in [0.717, 1.165) is 17.1 Å². The van der Waals surface area contributed by atoms with Gasteiger partial charge in [0.15, 0.2) is 0 Å². The van der Waals surface area contributed by atoms with Crippen LogP contribution in [0.1, 0.15) is 12.8 Å². The van der Waals surface area contributed by atoms with Crippen molar-refractivity contribution in [2.75, 3.05) is 16.8 Å². The highest BCUT2D eigenvalue weighted by Crippen LogP contribution is 2.23. The summed E-state index contributed by atoms with van der Waals surface area (Å²) >= 11 is 7.56. The van der Waals surface area contributed by atoms with Gasteiger partial charge in [0, 0.05) is 29.6 Å². The summed E-state index contributed by atoms with van der Waals surface area (Å²) in [5.74, 6) is 0.806. The van der Waals surface area contributed by atoms with Crippen LogP contribution in [0.4, 0.5) is 11.4 Å². The van der Waals surface area contributed by atoms with E-state index in [0.29, 0.717) is 22.8 Å². The summed E-state index contributed by atoms with van der Waals surface area (Å²) in [6, 6.07) is 5.02. The molecule has 2 aromatic rings. The maximum Gasteiger partial charge on any atom is 0.224 e. The average Bonchev–Trinajstić information content (AvgIpc) is 2.85. The molecule has 0 unspecified atom stereocenters. The minimum Gasteiger partial charge on any atom is -0.397 e. The quantitative estimate of drug-likeness (QED) is 0.486. The van der Waals surface area contributed by atoms with Crippen molar-refractivity contribution >= 4 is 40.6 Å². The van der Waals surface area contributed by atoms with Crippen molar-refractivity contribution in [3.8, 4) is 0 Å². The predicted octanol–water partition coefficient (Wildman–Crippen LogP) is 3.17. The highest BCUT2D eigenvalue weighted by atomic mass is 35.5. The molecule has 0 saturated heterocycles. The number of aromatic nitrogens is 2. The summed E-state index contributed by atoms with van der Waals surface area (Å²) in [6.45, 7) is 0. The Kier molecular flexibility index (Phi) is 5.52. The summed E-state index contributed by atoms with van der Waals surface area (Å²) in [4.78, 5) is 13.0. The first-order chi connectivity index (χ1) is 10.0. The largest absolute Gasteiger partial charge is 0.397 e. The first-order valence-electron chi connectivity index (χ1n) is 6.51. The number of rotatable bonds is 6. The molecule has 0 aliphatic heterocycles. The van der Waals surface area contributed by atoms with Gasteiger partial charge in [-0.25, -0.2) is 0 Å². The van der Waals surface area contributed by atoms with Gasteiger partial charge in [-0.2, -0.15) is 5.10 Å². The molecule has 0 bridgehead atoms. The summed E-state index contributed by atoms with van der Waals surface area (Å²) in [6.07, 6.45) is 5.00. The molecule has 7 heteroatoms. The molecule has 0 aliphatic carbocycles. The number of aryl methyl sites for hydroxylation is 1. The number of carbonyl (C=O) groups excluding carboxylic acids is 1. The van der Waals surface area contributed by atoms with Crippen molar-refractivity contribution in [3.05, 3.63) is 35.6 Å². The number of anilines is 2. The van der Waals surface area contributed by atoms with Gasteiger partial charge in [0.1, 0.15) is 0 Å². The average molecular weight is 325 g/mol. The lowest BCUT2D eigenvalue weighted by Crippen LogP contribution is -2.12. The van der Waals surface area contributed by atoms with Crippen molar-refractivity contribution in [2.45, 2.75) is 17.7 Å². The second kappa shape index (κ2) is 7.38. The molecule has 0 spiro atoms. The van der Waals surface area contributed by atoms with Gasteiger partial charge < -0.3 is 11.1 Å². The van der Waals surface area contributed by atoms with Crippen LogP contribution in [0.3, 0.4) is 0 Å². The van der Waals surface area contributed by atoms with Crippen molar-refractivity contribution in [3.63, 3.8) is 0 Å². The molecule has 2 rings (SSSR count). The fourth-order valence-electron chi connectivity index (χ4n) is 1.75. The molecule has 1 heterocycles. The van der Waals surface area contributed by atoms with Crippen molar-refractivity contribution in [1.29, 1.82) is 0 Å². The summed E-state index contributed by atoms with van der Waals surface area (Å²) < 4.78 is 1.76. The van der Waals surface area contributed by atoms with E-state index in [1.807, 2.05) is 19.4 Å². The maximum absolute atomic E-state index is 11.9. The number of carbonyl (C=O) groups is 1. The number of nitrogens with zero attached hydrogens (tertiary/aromatic N) is 2. The monoisotopic (exact) mass is 324 g/mol. The number of amides is 1. The molecule has 3 N–H and O–H groups in total. The van der Waals surface area contributed by atoms with Gasteiger partial charge in [-0.3, -0.25) is 9.48 Å². The van der Waals surface area contributed by atoms with Crippen LogP contribution < -0.4 is 11.1 Å². The van der Waals surface area contributed by atoms with Crippen LogP contribution in [0, 0.1) is 0 Å². The third-order valence-electron chi connectivity index (χ3n) is 2.79. The summed E-state index contributed by atoms with van der Waals surface area (Å²) in [5, 5.41) is 7.42. The van der Waals surface area contributed by atoms with Crippen LogP contribution in [0.5, 0.6) is 0 Å². The van der Waals surface area contributed by atoms with E-state index >= 15 is 0 Å². The molecule has 1 amide bonds. The summed E-state index contributed by atoms with van der Waals surface area (Å²) in [5.41, 5.74) is 6.86. The number of nitrogens with two attached hydrogens (primary N) is 1. The first kappa shape index (κ1) is 15.7. The Morgan fingerprint density at radius 2 is 2.33 bits per heavy atom. The molecule has 5 nitrogen and oxygen atoms in total. The van der Waals surface area contributed by atoms with E-state index in [9.17, 15) is 4.79 Å². The van der Waals surface area contributed by atoms with E-state index in [1.54, 1.807) is 34.6 Å². The smallest absolute Gasteiger partial charge is 0.224 e. The van der Waals surface area contributed by atoms with Crippen LogP contribution in [-0.2, 0) is 11.8 Å². The topological polar surface area (TPSA) is 72.9 Å². The minimum atomic E-state index is -0.0595. The van der Waals surface area contributed by atoms with Crippen molar-refractivity contribution in [1.82, 2.24) is 9.78 Å². The number of nitrogens with one attached hydrogen (secondary N) is 1. The lowest BCUT2D eigenvalue weighted by Gasteiger charge is -2.08.